The van der Waals surface area contributed by atoms with Gasteiger partial charge in [-0.1, -0.05) is 11.6 Å². The van der Waals surface area contributed by atoms with Gasteiger partial charge in [0.1, 0.15) is 5.75 Å². The molecule has 0 spiro atoms. The van der Waals surface area contributed by atoms with E-state index in [1.54, 1.807) is 25.3 Å². The van der Waals surface area contributed by atoms with Crippen molar-refractivity contribution in [1.29, 1.82) is 0 Å². The van der Waals surface area contributed by atoms with Crippen LogP contribution in [0.15, 0.2) is 47.4 Å². The molecule has 0 saturated heterocycles. The summed E-state index contributed by atoms with van der Waals surface area (Å²) in [4.78, 5) is 12.9. The number of carbonyl (C=O) groups excluding carboxylic acids is 1. The van der Waals surface area contributed by atoms with E-state index < -0.39 is 0 Å². The van der Waals surface area contributed by atoms with Gasteiger partial charge in [0, 0.05) is 10.6 Å². The number of nitrogen functional groups attached to an aromatic ring is 1. The highest BCUT2D eigenvalue weighted by atomic mass is 35.5. The van der Waals surface area contributed by atoms with E-state index in [1.807, 2.05) is 24.3 Å². The molecule has 0 bridgehead atoms. The lowest BCUT2D eigenvalue weighted by atomic mass is 10.3. The third-order valence-electron chi connectivity index (χ3n) is 2.71. The van der Waals surface area contributed by atoms with Gasteiger partial charge in [-0.05, 0) is 42.5 Å². The molecule has 110 valence electrons. The minimum atomic E-state index is -0.0995. The van der Waals surface area contributed by atoms with Crippen molar-refractivity contribution in [2.24, 2.45) is 0 Å². The van der Waals surface area contributed by atoms with Crippen LogP contribution in [0.4, 0.5) is 11.4 Å². The predicted octanol–water partition coefficient (Wildman–Crippen LogP) is 3.66. The second kappa shape index (κ2) is 7.24. The van der Waals surface area contributed by atoms with Crippen LogP contribution in [0.3, 0.4) is 0 Å². The number of anilines is 2. The summed E-state index contributed by atoms with van der Waals surface area (Å²) in [7, 11) is 1.62. The molecule has 0 aromatic heterocycles. The highest BCUT2D eigenvalue weighted by Gasteiger charge is 2.05. The summed E-state index contributed by atoms with van der Waals surface area (Å²) in [6.45, 7) is 0. The van der Waals surface area contributed by atoms with Gasteiger partial charge in [0.2, 0.25) is 5.91 Å². The Morgan fingerprint density at radius 1 is 1.29 bits per heavy atom. The maximum atomic E-state index is 11.9. The predicted molar refractivity (Wildman–Crippen MR) is 88.2 cm³/mol. The summed E-state index contributed by atoms with van der Waals surface area (Å²) in [5.74, 6) is 1.01. The molecule has 0 atom stereocenters. The number of benzene rings is 2. The lowest BCUT2D eigenvalue weighted by molar-refractivity contribution is -0.113. The number of hydrogen-bond acceptors (Lipinski definition) is 4. The van der Waals surface area contributed by atoms with Crippen LogP contribution in [0.2, 0.25) is 5.02 Å². The highest BCUT2D eigenvalue weighted by molar-refractivity contribution is 8.00. The van der Waals surface area contributed by atoms with Gasteiger partial charge < -0.3 is 15.8 Å². The Morgan fingerprint density at radius 3 is 2.62 bits per heavy atom. The molecule has 0 unspecified atom stereocenters. The van der Waals surface area contributed by atoms with Crippen molar-refractivity contribution in [2.75, 3.05) is 23.9 Å². The molecule has 4 nitrogen and oxygen atoms in total. The maximum Gasteiger partial charge on any atom is 0.234 e. The number of ether oxygens (including phenoxy) is 1. The highest BCUT2D eigenvalue weighted by Crippen LogP contribution is 2.24. The van der Waals surface area contributed by atoms with Gasteiger partial charge in [0.15, 0.2) is 0 Å². The normalized spacial score (nSPS) is 10.2. The van der Waals surface area contributed by atoms with Crippen molar-refractivity contribution >= 4 is 40.6 Å². The fraction of sp³-hybridized carbons (Fsp3) is 0.133. The molecule has 2 rings (SSSR count). The van der Waals surface area contributed by atoms with E-state index in [2.05, 4.69) is 5.32 Å². The number of nitrogens with two attached hydrogens (primary N) is 1. The minimum Gasteiger partial charge on any atom is -0.497 e. The Balaban J connectivity index is 1.87. The van der Waals surface area contributed by atoms with Gasteiger partial charge in [0.25, 0.3) is 0 Å². The van der Waals surface area contributed by atoms with Gasteiger partial charge in [-0.2, -0.15) is 0 Å². The zero-order chi connectivity index (χ0) is 15.2. The number of carbonyl (C=O) groups is 1. The lowest BCUT2D eigenvalue weighted by Crippen LogP contribution is -2.14. The van der Waals surface area contributed by atoms with Crippen LogP contribution in [0, 0.1) is 0 Å². The van der Waals surface area contributed by atoms with Gasteiger partial charge in [0.05, 0.1) is 23.6 Å². The summed E-state index contributed by atoms with van der Waals surface area (Å²) in [5.41, 5.74) is 6.77. The lowest BCUT2D eigenvalue weighted by Gasteiger charge is -2.07. The quantitative estimate of drug-likeness (QED) is 0.651. The van der Waals surface area contributed by atoms with Crippen molar-refractivity contribution in [2.45, 2.75) is 4.90 Å². The minimum absolute atomic E-state index is 0.0995. The molecular formula is C15H15ClN2O2S. The van der Waals surface area contributed by atoms with Crippen molar-refractivity contribution in [1.82, 2.24) is 0 Å². The van der Waals surface area contributed by atoms with E-state index in [0.29, 0.717) is 22.2 Å². The molecule has 0 aliphatic heterocycles. The molecule has 0 radical (unpaired) electrons. The Kier molecular flexibility index (Phi) is 5.36. The third kappa shape index (κ3) is 4.58. The van der Waals surface area contributed by atoms with Crippen molar-refractivity contribution in [3.05, 3.63) is 47.5 Å². The number of nitrogens with one attached hydrogen (secondary N) is 1. The van der Waals surface area contributed by atoms with Crippen LogP contribution in [-0.2, 0) is 4.79 Å². The van der Waals surface area contributed by atoms with Gasteiger partial charge in [-0.15, -0.1) is 11.8 Å². The monoisotopic (exact) mass is 322 g/mol. The van der Waals surface area contributed by atoms with E-state index in [0.717, 1.165) is 10.6 Å². The Morgan fingerprint density at radius 2 is 2.00 bits per heavy atom. The number of hydrogen-bond donors (Lipinski definition) is 2. The summed E-state index contributed by atoms with van der Waals surface area (Å²) in [6, 6.07) is 12.6. The first-order valence-electron chi connectivity index (χ1n) is 6.20. The molecule has 0 fully saturated rings. The standard InChI is InChI=1S/C15H15ClN2O2S/c1-20-11-3-5-12(6-4-11)21-9-15(19)18-10-2-7-13(16)14(17)8-10/h2-8H,9,17H2,1H3,(H,18,19). The number of amides is 1. The summed E-state index contributed by atoms with van der Waals surface area (Å²) >= 11 is 7.28. The average molecular weight is 323 g/mol. The largest absolute Gasteiger partial charge is 0.497 e. The zero-order valence-electron chi connectivity index (χ0n) is 11.4. The number of rotatable bonds is 5. The van der Waals surface area contributed by atoms with E-state index in [9.17, 15) is 4.79 Å². The van der Waals surface area contributed by atoms with Crippen LogP contribution in [0.25, 0.3) is 0 Å². The number of methoxy groups -OCH3 is 1. The van der Waals surface area contributed by atoms with E-state index >= 15 is 0 Å². The fourth-order valence-electron chi connectivity index (χ4n) is 1.64. The fourth-order valence-corrected chi connectivity index (χ4v) is 2.46. The zero-order valence-corrected chi connectivity index (χ0v) is 13.0. The summed E-state index contributed by atoms with van der Waals surface area (Å²) < 4.78 is 5.08. The van der Waals surface area contributed by atoms with E-state index in [4.69, 9.17) is 22.1 Å². The maximum absolute atomic E-state index is 11.9. The third-order valence-corrected chi connectivity index (χ3v) is 4.07. The van der Waals surface area contributed by atoms with Crippen LogP contribution in [0.1, 0.15) is 0 Å². The summed E-state index contributed by atoms with van der Waals surface area (Å²) in [5, 5.41) is 3.25. The van der Waals surface area contributed by atoms with Crippen LogP contribution >= 0.6 is 23.4 Å². The van der Waals surface area contributed by atoms with Gasteiger partial charge >= 0.3 is 0 Å². The summed E-state index contributed by atoms with van der Waals surface area (Å²) in [6.07, 6.45) is 0. The van der Waals surface area contributed by atoms with Gasteiger partial charge in [-0.3, -0.25) is 4.79 Å². The van der Waals surface area contributed by atoms with Crippen molar-refractivity contribution in [3.8, 4) is 5.75 Å². The van der Waals surface area contributed by atoms with E-state index in [-0.39, 0.29) is 5.91 Å². The topological polar surface area (TPSA) is 64.3 Å². The second-order valence-corrected chi connectivity index (χ2v) is 5.70. The average Bonchev–Trinajstić information content (AvgIpc) is 2.49. The molecule has 0 aliphatic rings. The molecule has 0 saturated carbocycles. The Labute approximate surface area is 132 Å². The SMILES string of the molecule is COc1ccc(SCC(=O)Nc2ccc(Cl)c(N)c2)cc1. The van der Waals surface area contributed by atoms with Crippen LogP contribution < -0.4 is 15.8 Å². The second-order valence-electron chi connectivity index (χ2n) is 4.25. The first-order valence-corrected chi connectivity index (χ1v) is 7.56. The molecule has 2 aromatic carbocycles. The molecule has 6 heteroatoms. The Hall–Kier alpha value is -1.85. The van der Waals surface area contributed by atoms with Crippen molar-refractivity contribution in [3.63, 3.8) is 0 Å². The molecule has 0 heterocycles. The molecule has 3 N–H and O–H groups in total. The molecular weight excluding hydrogens is 308 g/mol. The number of halogens is 1. The van der Waals surface area contributed by atoms with E-state index in [1.165, 1.54) is 11.8 Å². The van der Waals surface area contributed by atoms with Gasteiger partial charge in [-0.25, -0.2) is 0 Å². The number of thioether (sulfide) groups is 1. The molecule has 21 heavy (non-hydrogen) atoms. The molecule has 1 amide bonds. The van der Waals surface area contributed by atoms with Crippen LogP contribution in [-0.4, -0.2) is 18.8 Å². The smallest absolute Gasteiger partial charge is 0.234 e. The van der Waals surface area contributed by atoms with Crippen molar-refractivity contribution < 1.29 is 9.53 Å². The molecule has 2 aromatic rings. The first kappa shape index (κ1) is 15.5. The first-order chi connectivity index (χ1) is 10.1. The molecule has 0 aliphatic carbocycles. The Bertz CT molecular complexity index is 632. The van der Waals surface area contributed by atoms with Crippen LogP contribution in [0.5, 0.6) is 5.75 Å².